The molecule has 5 heteroatoms. The van der Waals surface area contributed by atoms with Crippen molar-refractivity contribution in [3.05, 3.63) is 29.3 Å². The van der Waals surface area contributed by atoms with Gasteiger partial charge in [-0.15, -0.1) is 0 Å². The third-order valence-corrected chi connectivity index (χ3v) is 3.29. The van der Waals surface area contributed by atoms with Crippen molar-refractivity contribution >= 4 is 17.6 Å². The predicted molar refractivity (Wildman–Crippen MR) is 85.8 cm³/mol. The molecule has 0 radical (unpaired) electrons. The minimum Gasteiger partial charge on any atom is -0.463 e. The fourth-order valence-electron chi connectivity index (χ4n) is 1.94. The lowest BCUT2D eigenvalue weighted by atomic mass is 10.1. The van der Waals surface area contributed by atoms with Crippen LogP contribution in [0.1, 0.15) is 37.8 Å². The molecule has 0 heterocycles. The molecular formula is C17H25NO4. The van der Waals surface area contributed by atoms with Gasteiger partial charge < -0.3 is 14.8 Å². The molecule has 0 aliphatic heterocycles. The second-order valence-corrected chi connectivity index (χ2v) is 5.31. The number of anilines is 1. The van der Waals surface area contributed by atoms with E-state index >= 15 is 0 Å². The monoisotopic (exact) mass is 307 g/mol. The molecule has 0 saturated heterocycles. The maximum absolute atomic E-state index is 11.9. The van der Waals surface area contributed by atoms with Crippen LogP contribution in [0, 0.1) is 13.8 Å². The normalized spacial score (nSPS) is 11.6. The Morgan fingerprint density at radius 3 is 2.41 bits per heavy atom. The van der Waals surface area contributed by atoms with Crippen LogP contribution >= 0.6 is 0 Å². The number of hydrogen-bond donors (Lipinski definition) is 1. The van der Waals surface area contributed by atoms with E-state index in [0.717, 1.165) is 29.7 Å². The molecule has 1 aromatic carbocycles. The maximum atomic E-state index is 11.9. The summed E-state index contributed by atoms with van der Waals surface area (Å²) in [5, 5.41) is 3.13. The highest BCUT2D eigenvalue weighted by atomic mass is 16.6. The van der Waals surface area contributed by atoms with Gasteiger partial charge >= 0.3 is 11.9 Å². The Hall–Kier alpha value is -2.04. The highest BCUT2D eigenvalue weighted by Gasteiger charge is 2.17. The lowest BCUT2D eigenvalue weighted by Crippen LogP contribution is -2.30. The summed E-state index contributed by atoms with van der Waals surface area (Å²) < 4.78 is 9.90. The summed E-state index contributed by atoms with van der Waals surface area (Å²) in [7, 11) is 0. The smallest absolute Gasteiger partial charge is 0.344 e. The molecule has 0 unspecified atom stereocenters. The van der Waals surface area contributed by atoms with Crippen LogP contribution in [0.5, 0.6) is 0 Å². The van der Waals surface area contributed by atoms with E-state index in [4.69, 9.17) is 9.47 Å². The highest BCUT2D eigenvalue weighted by Crippen LogP contribution is 2.20. The van der Waals surface area contributed by atoms with Crippen molar-refractivity contribution in [2.24, 2.45) is 0 Å². The SMILES string of the molecule is CCCCOC(=O)COC(=O)[C@H](C)Nc1c(C)cccc1C. The molecule has 1 N–H and O–H groups in total. The van der Waals surface area contributed by atoms with E-state index in [9.17, 15) is 9.59 Å². The van der Waals surface area contributed by atoms with Gasteiger partial charge in [-0.3, -0.25) is 0 Å². The van der Waals surface area contributed by atoms with Crippen LogP contribution in [-0.2, 0) is 19.1 Å². The van der Waals surface area contributed by atoms with Gasteiger partial charge in [0.05, 0.1) is 6.61 Å². The van der Waals surface area contributed by atoms with Crippen molar-refractivity contribution in [3.63, 3.8) is 0 Å². The zero-order valence-electron chi connectivity index (χ0n) is 13.8. The number of para-hydroxylation sites is 1. The fraction of sp³-hybridized carbons (Fsp3) is 0.529. The van der Waals surface area contributed by atoms with Gasteiger partial charge in [0.2, 0.25) is 0 Å². The van der Waals surface area contributed by atoms with Gasteiger partial charge in [0.1, 0.15) is 6.04 Å². The fourth-order valence-corrected chi connectivity index (χ4v) is 1.94. The average Bonchev–Trinajstić information content (AvgIpc) is 2.48. The molecule has 22 heavy (non-hydrogen) atoms. The van der Waals surface area contributed by atoms with Crippen molar-refractivity contribution in [1.29, 1.82) is 0 Å². The van der Waals surface area contributed by atoms with Crippen molar-refractivity contribution in [1.82, 2.24) is 0 Å². The molecule has 0 saturated carbocycles. The van der Waals surface area contributed by atoms with Gasteiger partial charge in [-0.25, -0.2) is 9.59 Å². The van der Waals surface area contributed by atoms with Gasteiger partial charge in [-0.2, -0.15) is 0 Å². The summed E-state index contributed by atoms with van der Waals surface area (Å²) in [4.78, 5) is 23.3. The largest absolute Gasteiger partial charge is 0.463 e. The lowest BCUT2D eigenvalue weighted by Gasteiger charge is -2.17. The lowest BCUT2D eigenvalue weighted by molar-refractivity contribution is -0.159. The topological polar surface area (TPSA) is 64.6 Å². The minimum absolute atomic E-state index is 0.346. The Morgan fingerprint density at radius 2 is 1.82 bits per heavy atom. The van der Waals surface area contributed by atoms with E-state index in [0.29, 0.717) is 6.61 Å². The van der Waals surface area contributed by atoms with E-state index < -0.39 is 18.0 Å². The first kappa shape index (κ1) is 18.0. The summed E-state index contributed by atoms with van der Waals surface area (Å²) in [5.74, 6) is -0.990. The van der Waals surface area contributed by atoms with Gasteiger partial charge in [0.25, 0.3) is 0 Å². The molecule has 0 amide bonds. The number of carbonyl (C=O) groups is 2. The third kappa shape index (κ3) is 5.76. The Morgan fingerprint density at radius 1 is 1.18 bits per heavy atom. The standard InChI is InChI=1S/C17H25NO4/c1-5-6-10-21-15(19)11-22-17(20)14(4)18-16-12(2)8-7-9-13(16)3/h7-9,14,18H,5-6,10-11H2,1-4H3/t14-/m0/s1. The Labute approximate surface area is 132 Å². The molecule has 122 valence electrons. The average molecular weight is 307 g/mol. The van der Waals surface area contributed by atoms with E-state index in [1.54, 1.807) is 6.92 Å². The molecule has 1 aromatic rings. The van der Waals surface area contributed by atoms with Crippen molar-refractivity contribution in [2.45, 2.75) is 46.6 Å². The Balaban J connectivity index is 2.44. The Bertz CT molecular complexity index is 493. The first-order chi connectivity index (χ1) is 10.5. The van der Waals surface area contributed by atoms with Crippen LogP contribution in [0.15, 0.2) is 18.2 Å². The number of aryl methyl sites for hydroxylation is 2. The van der Waals surface area contributed by atoms with E-state index in [-0.39, 0.29) is 6.61 Å². The van der Waals surface area contributed by atoms with E-state index in [2.05, 4.69) is 5.32 Å². The van der Waals surface area contributed by atoms with Crippen LogP contribution in [0.25, 0.3) is 0 Å². The number of hydrogen-bond acceptors (Lipinski definition) is 5. The van der Waals surface area contributed by atoms with E-state index in [1.165, 1.54) is 0 Å². The van der Waals surface area contributed by atoms with E-state index in [1.807, 2.05) is 39.0 Å². The first-order valence-electron chi connectivity index (χ1n) is 7.60. The quantitative estimate of drug-likeness (QED) is 0.591. The second-order valence-electron chi connectivity index (χ2n) is 5.31. The van der Waals surface area contributed by atoms with Gasteiger partial charge in [0.15, 0.2) is 6.61 Å². The van der Waals surface area contributed by atoms with Crippen molar-refractivity contribution in [3.8, 4) is 0 Å². The predicted octanol–water partition coefficient (Wildman–Crippen LogP) is 2.99. The first-order valence-corrected chi connectivity index (χ1v) is 7.60. The molecule has 1 atom stereocenters. The molecule has 0 aliphatic carbocycles. The third-order valence-electron chi connectivity index (χ3n) is 3.29. The molecule has 0 aliphatic rings. The number of carbonyl (C=O) groups excluding carboxylic acids is 2. The van der Waals surface area contributed by atoms with Crippen LogP contribution < -0.4 is 5.32 Å². The van der Waals surface area contributed by atoms with Gasteiger partial charge in [0, 0.05) is 5.69 Å². The number of nitrogens with one attached hydrogen (secondary N) is 1. The van der Waals surface area contributed by atoms with Crippen LogP contribution in [0.3, 0.4) is 0 Å². The summed E-state index contributed by atoms with van der Waals surface area (Å²) >= 11 is 0. The zero-order chi connectivity index (χ0) is 16.5. The maximum Gasteiger partial charge on any atom is 0.344 e. The molecule has 0 aromatic heterocycles. The number of benzene rings is 1. The van der Waals surface area contributed by atoms with Gasteiger partial charge in [-0.05, 0) is 38.3 Å². The molecular weight excluding hydrogens is 282 g/mol. The number of rotatable bonds is 8. The highest BCUT2D eigenvalue weighted by molar-refractivity contribution is 5.82. The second kappa shape index (κ2) is 9.07. The Kier molecular flexibility index (Phi) is 7.43. The molecule has 5 nitrogen and oxygen atoms in total. The summed E-state index contributed by atoms with van der Waals surface area (Å²) in [6, 6.07) is 5.37. The summed E-state index contributed by atoms with van der Waals surface area (Å²) in [5.41, 5.74) is 3.02. The van der Waals surface area contributed by atoms with Crippen LogP contribution in [0.2, 0.25) is 0 Å². The van der Waals surface area contributed by atoms with Crippen LogP contribution in [0.4, 0.5) is 5.69 Å². The number of ether oxygens (including phenoxy) is 2. The van der Waals surface area contributed by atoms with Crippen molar-refractivity contribution in [2.75, 3.05) is 18.5 Å². The van der Waals surface area contributed by atoms with Crippen LogP contribution in [-0.4, -0.2) is 31.2 Å². The van der Waals surface area contributed by atoms with Gasteiger partial charge in [-0.1, -0.05) is 31.5 Å². The number of unbranched alkanes of at least 4 members (excludes halogenated alkanes) is 1. The molecule has 0 spiro atoms. The molecule has 0 fully saturated rings. The summed E-state index contributed by atoms with van der Waals surface area (Å²) in [6.45, 7) is 7.67. The molecule has 0 bridgehead atoms. The summed E-state index contributed by atoms with van der Waals surface area (Å²) in [6.07, 6.45) is 1.76. The van der Waals surface area contributed by atoms with Crippen molar-refractivity contribution < 1.29 is 19.1 Å². The zero-order valence-corrected chi connectivity index (χ0v) is 13.8. The molecule has 1 rings (SSSR count). The number of esters is 2. The minimum atomic E-state index is -0.539.